The standard InChI is InChI=1S/C72H81Cl2N11O23/c1-28(2)16-40(77-5)64(96)84-55-57(91)32-7-10-44(38(73)18-32)104-46-20-34-21-47(61(46)108-71-62(60(94)59(93)48(27-86)106-71)107-50-25-72(4,76)63(95)29(3)103-50)105-45-11-8-33(19-39(45)74)58(92)56-70(102)83-54(66(98)79-26-30-12-14-78-15-13-30)37-22-35(87)23-43(89)51(37)36-17-31(6-9-42(36)88)52(67(99)85-56)82-68(100)53(34)81-65(97)41(24-49(75)90)80-69(55)101/h6-15,17-23,28-29,40-41,48,50,52-60,62-63,71,77,86-89,91-95H,16,24-27,76H2,1-5H3,(H2,75,90)(H,79,98)(H,80,101)(H,81,97)(H,82,100)(H,83,102)(H,84,96)(H,85,99)/t29-,40+,41-,48-,50-,52+,53+,54-,55+,56-,57+,58+,59-,60+,62-,63+,71+,72-/m1/s1. The van der Waals surface area contributed by atoms with E-state index in [1.807, 2.05) is 13.8 Å². The lowest BCUT2D eigenvalue weighted by atomic mass is 9.86. The summed E-state index contributed by atoms with van der Waals surface area (Å²) in [6.45, 7) is 5.49. The fourth-order valence-electron chi connectivity index (χ4n) is 13.3. The lowest BCUT2D eigenvalue weighted by Gasteiger charge is -2.47. The fraction of sp³-hybridized carbons (Fsp3) is 0.403. The highest BCUT2D eigenvalue weighted by molar-refractivity contribution is 6.32. The van der Waals surface area contributed by atoms with Gasteiger partial charge in [0.15, 0.2) is 23.9 Å². The first-order valence-corrected chi connectivity index (χ1v) is 34.9. The maximum Gasteiger partial charge on any atom is 0.248 e. The molecule has 21 N–H and O–H groups in total. The number of fused-ring (bicyclic) bond motifs is 15. The summed E-state index contributed by atoms with van der Waals surface area (Å²) >= 11 is 14.3. The molecule has 18 atom stereocenters. The molecule has 34 nitrogen and oxygen atoms in total. The van der Waals surface area contributed by atoms with Gasteiger partial charge in [-0.25, -0.2) is 0 Å². The van der Waals surface area contributed by atoms with Gasteiger partial charge in [0, 0.05) is 48.1 Å². The Balaban J connectivity index is 1.15. The van der Waals surface area contributed by atoms with E-state index < -0.39 is 226 Å². The van der Waals surface area contributed by atoms with Gasteiger partial charge in [-0.3, -0.25) is 43.3 Å². The summed E-state index contributed by atoms with van der Waals surface area (Å²) in [6.07, 6.45) is -15.6. The highest BCUT2D eigenvalue weighted by atomic mass is 35.5. The van der Waals surface area contributed by atoms with Crippen LogP contribution in [0.5, 0.6) is 46.0 Å². The summed E-state index contributed by atoms with van der Waals surface area (Å²) < 4.78 is 38.6. The SMILES string of the molecule is CN[C@@H](CC(C)C)C(=O)N[C@@H]1C(=O)N[C@H](CC(N)=O)C(=O)N[C@@H]2C(=O)N[C@@H]3C(=O)N[C@@H](C(=O)N[C@@H](C(=O)NCc4ccncc4)c4cc(O)cc(O)c4-c4cc3ccc4O)[C@@H](O)c3ccc(c(Cl)c3)Oc3cc2cc(c3O[C@@H]2O[C@H](CO)[C@@H](O)[C@H](O)[C@H]2O[C@@H]2C[C@@](C)(N)[C@@H](O)[C@@H](C)O2)Oc2ccc(cc2Cl)[C@@H]1O. The van der Waals surface area contributed by atoms with Crippen LogP contribution in [0.15, 0.2) is 103 Å². The summed E-state index contributed by atoms with van der Waals surface area (Å²) in [4.78, 5) is 124. The Hall–Kier alpha value is -10.0. The molecule has 1 aromatic heterocycles. The summed E-state index contributed by atoms with van der Waals surface area (Å²) in [5.41, 5.74) is 9.06. The molecule has 6 aromatic rings. The van der Waals surface area contributed by atoms with Crippen LogP contribution in [0.25, 0.3) is 11.1 Å². The molecular formula is C72H81Cl2N11O23. The van der Waals surface area contributed by atoms with Crippen molar-refractivity contribution in [2.75, 3.05) is 13.7 Å². The second-order valence-corrected chi connectivity index (χ2v) is 28.3. The molecule has 2 fully saturated rings. The number of aliphatic hydroxyl groups excluding tert-OH is 6. The molecule has 0 aliphatic carbocycles. The molecule has 8 heterocycles. The van der Waals surface area contributed by atoms with Gasteiger partial charge in [0.2, 0.25) is 59.3 Å². The van der Waals surface area contributed by atoms with Crippen LogP contribution in [0.3, 0.4) is 0 Å². The molecule has 0 saturated carbocycles. The zero-order chi connectivity index (χ0) is 78.1. The lowest BCUT2D eigenvalue weighted by Crippen LogP contribution is -2.64. The van der Waals surface area contributed by atoms with Crippen molar-refractivity contribution in [3.05, 3.63) is 147 Å². The molecule has 7 aliphatic rings. The number of primary amides is 1. The maximum absolute atomic E-state index is 16.2. The number of amides is 8. The zero-order valence-corrected chi connectivity index (χ0v) is 59.9. The van der Waals surface area contributed by atoms with E-state index in [4.69, 9.17) is 63.1 Å². The highest BCUT2D eigenvalue weighted by Gasteiger charge is 2.52. The number of ether oxygens (including phenoxy) is 6. The van der Waals surface area contributed by atoms with Crippen LogP contribution in [0, 0.1) is 5.92 Å². The number of likely N-dealkylation sites (N-methyl/N-ethyl adjacent to an activating group) is 1. The van der Waals surface area contributed by atoms with Crippen LogP contribution < -0.4 is 68.2 Å². The first kappa shape index (κ1) is 79.0. The Bertz CT molecular complexity index is 4450. The number of pyridine rings is 1. The van der Waals surface area contributed by atoms with E-state index in [1.54, 1.807) is 12.1 Å². The number of rotatable bonds is 15. The number of phenols is 3. The molecule has 2 saturated heterocycles. The average Bonchev–Trinajstić information content (AvgIpc) is 0.766. The van der Waals surface area contributed by atoms with Gasteiger partial charge < -0.3 is 128 Å². The summed E-state index contributed by atoms with van der Waals surface area (Å²) in [7, 11) is 1.48. The minimum Gasteiger partial charge on any atom is -0.508 e. The van der Waals surface area contributed by atoms with Gasteiger partial charge in [0.25, 0.3) is 0 Å². The number of hydrogen-bond acceptors (Lipinski definition) is 26. The number of aliphatic hydroxyl groups is 6. The first-order chi connectivity index (χ1) is 51.2. The molecular weight excluding hydrogens is 1460 g/mol. The predicted octanol–water partition coefficient (Wildman–Crippen LogP) is 0.733. The number of carbonyl (C=O) groups excluding carboxylic acids is 8. The topological polar surface area (TPSA) is 535 Å². The van der Waals surface area contributed by atoms with Gasteiger partial charge in [0.1, 0.15) is 95.5 Å². The van der Waals surface area contributed by atoms with Crippen molar-refractivity contribution in [1.29, 1.82) is 0 Å². The molecule has 0 spiro atoms. The van der Waals surface area contributed by atoms with Gasteiger partial charge >= 0.3 is 0 Å². The van der Waals surface area contributed by atoms with E-state index in [-0.39, 0.29) is 64.1 Å². The monoisotopic (exact) mass is 1540 g/mol. The van der Waals surface area contributed by atoms with Gasteiger partial charge in [-0.2, -0.15) is 0 Å². The molecule has 8 amide bonds. The van der Waals surface area contributed by atoms with Crippen molar-refractivity contribution in [1.82, 2.24) is 47.5 Å². The van der Waals surface area contributed by atoms with Crippen LogP contribution >= 0.6 is 23.2 Å². The first-order valence-electron chi connectivity index (χ1n) is 34.1. The minimum atomic E-state index is -2.34. The van der Waals surface area contributed by atoms with Crippen LogP contribution in [-0.2, 0) is 59.1 Å². The van der Waals surface area contributed by atoms with Crippen molar-refractivity contribution < 1.29 is 113 Å². The molecule has 108 heavy (non-hydrogen) atoms. The van der Waals surface area contributed by atoms with E-state index in [0.717, 1.165) is 60.7 Å². The fourth-order valence-corrected chi connectivity index (χ4v) is 13.8. The van der Waals surface area contributed by atoms with E-state index in [9.17, 15) is 65.1 Å². The Labute approximate surface area is 625 Å². The average molecular weight is 1540 g/mol. The molecule has 13 rings (SSSR count). The Morgan fingerprint density at radius 3 is 1.94 bits per heavy atom. The second-order valence-electron chi connectivity index (χ2n) is 27.4. The van der Waals surface area contributed by atoms with Crippen molar-refractivity contribution in [3.8, 4) is 57.1 Å². The number of carbonyl (C=O) groups is 8. The molecule has 7 aliphatic heterocycles. The van der Waals surface area contributed by atoms with Crippen LogP contribution in [0.2, 0.25) is 10.0 Å². The van der Waals surface area contributed by atoms with Gasteiger partial charge in [-0.15, -0.1) is 0 Å². The molecule has 0 unspecified atom stereocenters. The predicted molar refractivity (Wildman–Crippen MR) is 378 cm³/mol. The van der Waals surface area contributed by atoms with E-state index in [0.29, 0.717) is 5.56 Å². The number of halogens is 2. The van der Waals surface area contributed by atoms with Crippen molar-refractivity contribution in [3.63, 3.8) is 0 Å². The van der Waals surface area contributed by atoms with Crippen molar-refractivity contribution in [2.45, 2.75) is 163 Å². The molecule has 576 valence electrons. The third-order valence-electron chi connectivity index (χ3n) is 19.0. The molecule has 5 aromatic carbocycles. The highest BCUT2D eigenvalue weighted by Crippen LogP contribution is 2.50. The normalized spacial score (nSPS) is 28.2. The summed E-state index contributed by atoms with van der Waals surface area (Å²) in [6, 6.07) is 3.41. The molecule has 0 radical (unpaired) electrons. The molecule has 36 heteroatoms. The van der Waals surface area contributed by atoms with Gasteiger partial charge in [-0.1, -0.05) is 55.2 Å². The number of aromatic nitrogens is 1. The zero-order valence-electron chi connectivity index (χ0n) is 58.3. The number of aromatic hydroxyl groups is 3. The number of hydrogen-bond donors (Lipinski definition) is 19. The van der Waals surface area contributed by atoms with Crippen LogP contribution in [0.1, 0.15) is 111 Å². The number of phenolic OH excluding ortho intramolecular Hbond substituents is 3. The third kappa shape index (κ3) is 17.1. The van der Waals surface area contributed by atoms with E-state index in [1.165, 1.54) is 51.5 Å². The van der Waals surface area contributed by atoms with E-state index in [2.05, 4.69) is 47.5 Å². The summed E-state index contributed by atoms with van der Waals surface area (Å²) in [5, 5.41) is 125. The summed E-state index contributed by atoms with van der Waals surface area (Å²) in [5.74, 6) is -14.7. The number of benzene rings is 5. The smallest absolute Gasteiger partial charge is 0.248 e. The Morgan fingerprint density at radius 2 is 1.33 bits per heavy atom. The number of nitrogens with two attached hydrogens (primary N) is 2. The molecule has 11 bridgehead atoms. The lowest BCUT2D eigenvalue weighted by molar-refractivity contribution is -0.333. The van der Waals surface area contributed by atoms with Crippen molar-refractivity contribution in [2.24, 2.45) is 17.4 Å². The quantitative estimate of drug-likeness (QED) is 0.0674. The van der Waals surface area contributed by atoms with E-state index >= 15 is 19.2 Å². The van der Waals surface area contributed by atoms with Crippen LogP contribution in [0.4, 0.5) is 0 Å². The Morgan fingerprint density at radius 1 is 0.713 bits per heavy atom. The number of nitrogens with one attached hydrogen (secondary N) is 8. The van der Waals surface area contributed by atoms with Crippen LogP contribution in [-0.4, -0.2) is 191 Å². The minimum absolute atomic E-state index is 0.0977. The number of nitrogens with zero attached hydrogens (tertiary/aromatic N) is 1. The maximum atomic E-state index is 16.2. The van der Waals surface area contributed by atoms with Gasteiger partial charge in [-0.05, 0) is 133 Å². The van der Waals surface area contributed by atoms with Gasteiger partial charge in [0.05, 0.1) is 41.3 Å². The second kappa shape index (κ2) is 32.8. The largest absolute Gasteiger partial charge is 0.508 e. The van der Waals surface area contributed by atoms with Crippen molar-refractivity contribution >= 4 is 70.5 Å². The third-order valence-corrected chi connectivity index (χ3v) is 19.6. The Kier molecular flexibility index (Phi) is 24.0.